The van der Waals surface area contributed by atoms with E-state index in [9.17, 15) is 0 Å². The summed E-state index contributed by atoms with van der Waals surface area (Å²) < 4.78 is 0. The second kappa shape index (κ2) is 5.77. The van der Waals surface area contributed by atoms with E-state index >= 15 is 0 Å². The first-order valence-electron chi connectivity index (χ1n) is 7.40. The van der Waals surface area contributed by atoms with Crippen molar-refractivity contribution in [3.8, 4) is 0 Å². The van der Waals surface area contributed by atoms with Gasteiger partial charge in [-0.1, -0.05) is 37.1 Å². The van der Waals surface area contributed by atoms with Crippen molar-refractivity contribution in [2.75, 3.05) is 13.1 Å². The van der Waals surface area contributed by atoms with Gasteiger partial charge < -0.3 is 4.90 Å². The zero-order valence-electron chi connectivity index (χ0n) is 12.0. The third-order valence-electron chi connectivity index (χ3n) is 4.69. The van der Waals surface area contributed by atoms with Crippen molar-refractivity contribution in [2.24, 2.45) is 5.41 Å². The smallest absolute Gasteiger partial charge is 0.0322 e. The van der Waals surface area contributed by atoms with Crippen LogP contribution < -0.4 is 0 Å². The van der Waals surface area contributed by atoms with Crippen LogP contribution in [0.15, 0.2) is 36.1 Å². The molecule has 0 aromatic rings. The number of nitrogens with zero attached hydrogens (tertiary/aromatic N) is 1. The standard InChI is InChI=1S/C17H27N/c1-4-16(8-7-15(2)3)18-13-11-17(12-14-18)9-5-6-10-17/h4,7-8H,2,5-6,9-14H2,1,3H3/b8-7-,16-4+. The molecule has 0 bridgehead atoms. The number of likely N-dealkylation sites (tertiary alicyclic amines) is 1. The van der Waals surface area contributed by atoms with Crippen LogP contribution in [0.5, 0.6) is 0 Å². The van der Waals surface area contributed by atoms with Gasteiger partial charge in [-0.05, 0) is 51.0 Å². The maximum atomic E-state index is 3.93. The van der Waals surface area contributed by atoms with Crippen LogP contribution in [0.3, 0.4) is 0 Å². The Bertz CT molecular complexity index is 346. The summed E-state index contributed by atoms with van der Waals surface area (Å²) in [4.78, 5) is 2.54. The average Bonchev–Trinajstić information content (AvgIpc) is 2.80. The van der Waals surface area contributed by atoms with Crippen LogP contribution in [0.2, 0.25) is 0 Å². The molecule has 2 aliphatic rings. The number of hydrogen-bond donors (Lipinski definition) is 0. The molecule has 18 heavy (non-hydrogen) atoms. The summed E-state index contributed by atoms with van der Waals surface area (Å²) >= 11 is 0. The molecule has 1 heterocycles. The van der Waals surface area contributed by atoms with Crippen molar-refractivity contribution in [1.82, 2.24) is 4.90 Å². The van der Waals surface area contributed by atoms with Crippen LogP contribution >= 0.6 is 0 Å². The quantitative estimate of drug-likeness (QED) is 0.653. The zero-order valence-corrected chi connectivity index (χ0v) is 12.0. The fraction of sp³-hybridized carbons (Fsp3) is 0.647. The van der Waals surface area contributed by atoms with E-state index < -0.39 is 0 Å². The molecule has 1 aliphatic carbocycles. The second-order valence-electron chi connectivity index (χ2n) is 6.09. The molecule has 0 unspecified atom stereocenters. The highest BCUT2D eigenvalue weighted by Gasteiger charge is 2.36. The zero-order chi connectivity index (χ0) is 13.0. The fourth-order valence-electron chi connectivity index (χ4n) is 3.48. The summed E-state index contributed by atoms with van der Waals surface area (Å²) in [6.45, 7) is 10.6. The Morgan fingerprint density at radius 2 is 1.67 bits per heavy atom. The van der Waals surface area contributed by atoms with Crippen molar-refractivity contribution in [2.45, 2.75) is 52.4 Å². The monoisotopic (exact) mass is 245 g/mol. The van der Waals surface area contributed by atoms with Gasteiger partial charge in [-0.25, -0.2) is 0 Å². The van der Waals surface area contributed by atoms with E-state index in [1.165, 1.54) is 57.3 Å². The molecular weight excluding hydrogens is 218 g/mol. The molecule has 1 aliphatic heterocycles. The maximum absolute atomic E-state index is 3.93. The van der Waals surface area contributed by atoms with E-state index in [4.69, 9.17) is 0 Å². The van der Waals surface area contributed by atoms with E-state index in [2.05, 4.69) is 36.6 Å². The van der Waals surface area contributed by atoms with Gasteiger partial charge in [-0.15, -0.1) is 0 Å². The van der Waals surface area contributed by atoms with Gasteiger partial charge in [0.25, 0.3) is 0 Å². The van der Waals surface area contributed by atoms with Crippen molar-refractivity contribution in [3.63, 3.8) is 0 Å². The minimum absolute atomic E-state index is 0.716. The average molecular weight is 245 g/mol. The van der Waals surface area contributed by atoms with Gasteiger partial charge in [0.15, 0.2) is 0 Å². The van der Waals surface area contributed by atoms with Crippen LogP contribution in [-0.4, -0.2) is 18.0 Å². The molecule has 0 aromatic carbocycles. The summed E-state index contributed by atoms with van der Waals surface area (Å²) in [5.74, 6) is 0. The summed E-state index contributed by atoms with van der Waals surface area (Å²) in [5.41, 5.74) is 3.21. The molecule has 2 fully saturated rings. The van der Waals surface area contributed by atoms with Crippen LogP contribution in [0.25, 0.3) is 0 Å². The summed E-state index contributed by atoms with van der Waals surface area (Å²) in [5, 5.41) is 0. The molecule has 1 nitrogen and oxygen atoms in total. The molecule has 2 rings (SSSR count). The molecule has 0 N–H and O–H groups in total. The Kier molecular flexibility index (Phi) is 4.31. The Hall–Kier alpha value is -0.980. The minimum Gasteiger partial charge on any atom is -0.372 e. The van der Waals surface area contributed by atoms with Gasteiger partial charge in [-0.3, -0.25) is 0 Å². The Balaban J connectivity index is 1.93. The molecule has 0 radical (unpaired) electrons. The SMILES string of the molecule is C=C(C)/C=C\C(=C/C)N1CCC2(CCCC2)CC1. The maximum Gasteiger partial charge on any atom is 0.0322 e. The van der Waals surface area contributed by atoms with Gasteiger partial charge in [0, 0.05) is 18.8 Å². The number of piperidine rings is 1. The van der Waals surface area contributed by atoms with Gasteiger partial charge in [0.2, 0.25) is 0 Å². The molecule has 1 spiro atoms. The van der Waals surface area contributed by atoms with Crippen molar-refractivity contribution in [3.05, 3.63) is 36.1 Å². The summed E-state index contributed by atoms with van der Waals surface area (Å²) in [6.07, 6.45) is 15.2. The highest BCUT2D eigenvalue weighted by atomic mass is 15.1. The number of rotatable bonds is 3. The van der Waals surface area contributed by atoms with E-state index in [1.807, 2.05) is 6.92 Å². The van der Waals surface area contributed by atoms with Crippen molar-refractivity contribution >= 4 is 0 Å². The number of allylic oxidation sites excluding steroid dienone is 4. The first-order chi connectivity index (χ1) is 8.65. The molecule has 0 atom stereocenters. The predicted molar refractivity (Wildman–Crippen MR) is 79.4 cm³/mol. The molecular formula is C17H27N. The largest absolute Gasteiger partial charge is 0.372 e. The van der Waals surface area contributed by atoms with E-state index in [0.29, 0.717) is 5.41 Å². The topological polar surface area (TPSA) is 3.24 Å². The first-order valence-corrected chi connectivity index (χ1v) is 7.40. The number of hydrogen-bond acceptors (Lipinski definition) is 1. The molecule has 100 valence electrons. The normalized spacial score (nSPS) is 24.1. The predicted octanol–water partition coefficient (Wildman–Crippen LogP) is 4.68. The summed E-state index contributed by atoms with van der Waals surface area (Å²) in [7, 11) is 0. The van der Waals surface area contributed by atoms with Gasteiger partial charge in [0.05, 0.1) is 0 Å². The first kappa shape index (κ1) is 13.5. The highest BCUT2D eigenvalue weighted by Crippen LogP contribution is 2.46. The minimum atomic E-state index is 0.716. The molecule has 1 saturated carbocycles. The second-order valence-corrected chi connectivity index (χ2v) is 6.09. The van der Waals surface area contributed by atoms with Crippen molar-refractivity contribution in [1.29, 1.82) is 0 Å². The molecule has 1 heteroatoms. The lowest BCUT2D eigenvalue weighted by Gasteiger charge is -2.41. The lowest BCUT2D eigenvalue weighted by molar-refractivity contribution is 0.135. The van der Waals surface area contributed by atoms with E-state index in [0.717, 1.165) is 5.57 Å². The lowest BCUT2D eigenvalue weighted by Crippen LogP contribution is -2.37. The third kappa shape index (κ3) is 3.07. The Labute approximate surface area is 112 Å². The third-order valence-corrected chi connectivity index (χ3v) is 4.69. The van der Waals surface area contributed by atoms with Crippen LogP contribution in [0, 0.1) is 5.41 Å². The van der Waals surface area contributed by atoms with E-state index in [-0.39, 0.29) is 0 Å². The lowest BCUT2D eigenvalue weighted by atomic mass is 9.77. The fourth-order valence-corrected chi connectivity index (χ4v) is 3.48. The highest BCUT2D eigenvalue weighted by molar-refractivity contribution is 5.24. The molecule has 0 amide bonds. The van der Waals surface area contributed by atoms with E-state index in [1.54, 1.807) is 0 Å². The van der Waals surface area contributed by atoms with Gasteiger partial charge in [-0.2, -0.15) is 0 Å². The Morgan fingerprint density at radius 1 is 1.06 bits per heavy atom. The van der Waals surface area contributed by atoms with Crippen LogP contribution in [-0.2, 0) is 0 Å². The molecule has 1 saturated heterocycles. The van der Waals surface area contributed by atoms with Crippen molar-refractivity contribution < 1.29 is 0 Å². The summed E-state index contributed by atoms with van der Waals surface area (Å²) in [6, 6.07) is 0. The van der Waals surface area contributed by atoms with Crippen LogP contribution in [0.1, 0.15) is 52.4 Å². The van der Waals surface area contributed by atoms with Crippen LogP contribution in [0.4, 0.5) is 0 Å². The van der Waals surface area contributed by atoms with Gasteiger partial charge in [0.1, 0.15) is 0 Å². The molecule has 0 aromatic heterocycles. The van der Waals surface area contributed by atoms with Gasteiger partial charge >= 0.3 is 0 Å². The Morgan fingerprint density at radius 3 is 2.17 bits per heavy atom.